The molecule has 3 aromatic rings. The number of nitrogens with zero attached hydrogens (tertiary/aromatic N) is 4. The van der Waals surface area contributed by atoms with Crippen molar-refractivity contribution in [2.75, 3.05) is 5.32 Å². The van der Waals surface area contributed by atoms with Crippen molar-refractivity contribution in [3.05, 3.63) is 52.9 Å². The SMILES string of the molecule is Cc1nc2nc(CNC(=O)OC(C)(C)C)nn2c(C)c1CCC(=O)Nc1ccc(F)cc1. The van der Waals surface area contributed by atoms with Gasteiger partial charge < -0.3 is 15.4 Å². The van der Waals surface area contributed by atoms with Gasteiger partial charge in [0, 0.05) is 23.5 Å². The Morgan fingerprint density at radius 1 is 1.12 bits per heavy atom. The minimum atomic E-state index is -0.594. The van der Waals surface area contributed by atoms with Crippen LogP contribution in [0.5, 0.6) is 0 Å². The van der Waals surface area contributed by atoms with Crippen LogP contribution in [0.25, 0.3) is 5.78 Å². The van der Waals surface area contributed by atoms with Crippen LogP contribution in [-0.2, 0) is 22.5 Å². The number of nitrogens with one attached hydrogen (secondary N) is 2. The lowest BCUT2D eigenvalue weighted by Gasteiger charge is -2.19. The number of ether oxygens (including phenoxy) is 1. The van der Waals surface area contributed by atoms with E-state index in [9.17, 15) is 14.0 Å². The van der Waals surface area contributed by atoms with Crippen LogP contribution < -0.4 is 10.6 Å². The van der Waals surface area contributed by atoms with Gasteiger partial charge in [0.1, 0.15) is 11.4 Å². The van der Waals surface area contributed by atoms with Gasteiger partial charge in [-0.1, -0.05) is 0 Å². The van der Waals surface area contributed by atoms with E-state index in [0.717, 1.165) is 17.0 Å². The molecule has 10 heteroatoms. The number of amides is 2. The molecule has 2 N–H and O–H groups in total. The summed E-state index contributed by atoms with van der Waals surface area (Å²) in [4.78, 5) is 33.0. The van der Waals surface area contributed by atoms with Crippen LogP contribution in [0.15, 0.2) is 24.3 Å². The molecule has 0 saturated carbocycles. The molecule has 2 amide bonds. The molecule has 0 aliphatic rings. The van der Waals surface area contributed by atoms with E-state index in [1.54, 1.807) is 25.3 Å². The molecular formula is C22H27FN6O3. The lowest BCUT2D eigenvalue weighted by atomic mass is 10.1. The maximum atomic E-state index is 13.0. The molecule has 170 valence electrons. The summed E-state index contributed by atoms with van der Waals surface area (Å²) in [6, 6.07) is 5.61. The molecule has 0 fully saturated rings. The van der Waals surface area contributed by atoms with Crippen LogP contribution in [0, 0.1) is 19.7 Å². The van der Waals surface area contributed by atoms with E-state index in [4.69, 9.17) is 4.74 Å². The highest BCUT2D eigenvalue weighted by molar-refractivity contribution is 5.90. The predicted molar refractivity (Wildman–Crippen MR) is 117 cm³/mol. The largest absolute Gasteiger partial charge is 0.444 e. The first-order valence-corrected chi connectivity index (χ1v) is 10.3. The van der Waals surface area contributed by atoms with E-state index < -0.39 is 11.7 Å². The molecule has 0 spiro atoms. The number of halogens is 1. The Kier molecular flexibility index (Phi) is 6.71. The van der Waals surface area contributed by atoms with Crippen LogP contribution in [0.3, 0.4) is 0 Å². The second kappa shape index (κ2) is 9.29. The maximum absolute atomic E-state index is 13.0. The Balaban J connectivity index is 1.67. The standard InChI is InChI=1S/C22H27FN6O3/c1-13-17(10-11-19(30)26-16-8-6-15(23)7-9-16)14(2)29-20(25-13)27-18(28-29)12-24-21(31)32-22(3,4)5/h6-9H,10-12H2,1-5H3,(H,24,31)(H,26,30). The van der Waals surface area contributed by atoms with Crippen LogP contribution in [0.4, 0.5) is 14.9 Å². The Bertz CT molecular complexity index is 1140. The zero-order valence-corrected chi connectivity index (χ0v) is 18.8. The van der Waals surface area contributed by atoms with Gasteiger partial charge >= 0.3 is 6.09 Å². The molecule has 32 heavy (non-hydrogen) atoms. The first-order chi connectivity index (χ1) is 15.0. The molecule has 0 bridgehead atoms. The van der Waals surface area contributed by atoms with Crippen molar-refractivity contribution in [1.82, 2.24) is 24.9 Å². The lowest BCUT2D eigenvalue weighted by Crippen LogP contribution is -2.32. The fourth-order valence-corrected chi connectivity index (χ4v) is 3.15. The average Bonchev–Trinajstić information content (AvgIpc) is 3.10. The summed E-state index contributed by atoms with van der Waals surface area (Å²) in [5, 5.41) is 9.80. The summed E-state index contributed by atoms with van der Waals surface area (Å²) in [6.45, 7) is 9.20. The quantitative estimate of drug-likeness (QED) is 0.605. The molecule has 0 saturated heterocycles. The molecule has 0 aliphatic carbocycles. The number of anilines is 1. The molecule has 2 aromatic heterocycles. The van der Waals surface area contributed by atoms with Crippen LogP contribution >= 0.6 is 0 Å². The maximum Gasteiger partial charge on any atom is 0.408 e. The third kappa shape index (κ3) is 5.99. The van der Waals surface area contributed by atoms with E-state index in [0.29, 0.717) is 23.7 Å². The summed E-state index contributed by atoms with van der Waals surface area (Å²) < 4.78 is 19.8. The molecule has 9 nitrogen and oxygen atoms in total. The summed E-state index contributed by atoms with van der Waals surface area (Å²) in [6.07, 6.45) is 0.137. The van der Waals surface area contributed by atoms with Crippen molar-refractivity contribution in [3.8, 4) is 0 Å². The minimum Gasteiger partial charge on any atom is -0.444 e. The number of aryl methyl sites for hydroxylation is 2. The zero-order chi connectivity index (χ0) is 23.5. The summed E-state index contributed by atoms with van der Waals surface area (Å²) in [7, 11) is 0. The molecular weight excluding hydrogens is 415 g/mol. The second-order valence-electron chi connectivity index (χ2n) is 8.41. The fourth-order valence-electron chi connectivity index (χ4n) is 3.15. The Labute approximate surface area is 185 Å². The second-order valence-corrected chi connectivity index (χ2v) is 8.41. The van der Waals surface area contributed by atoms with Gasteiger partial charge in [-0.25, -0.2) is 18.7 Å². The van der Waals surface area contributed by atoms with E-state index >= 15 is 0 Å². The molecule has 0 atom stereocenters. The molecule has 0 aliphatic heterocycles. The number of benzene rings is 1. The third-order valence-corrected chi connectivity index (χ3v) is 4.61. The Morgan fingerprint density at radius 2 is 1.81 bits per heavy atom. The number of fused-ring (bicyclic) bond motifs is 1. The van der Waals surface area contributed by atoms with Gasteiger partial charge in [0.2, 0.25) is 5.91 Å². The number of carbonyl (C=O) groups excluding carboxylic acids is 2. The molecule has 0 unspecified atom stereocenters. The van der Waals surface area contributed by atoms with E-state index in [-0.39, 0.29) is 24.7 Å². The Morgan fingerprint density at radius 3 is 2.47 bits per heavy atom. The summed E-state index contributed by atoms with van der Waals surface area (Å²) in [5.74, 6) is 0.274. The highest BCUT2D eigenvalue weighted by atomic mass is 19.1. The van der Waals surface area contributed by atoms with E-state index in [1.807, 2.05) is 13.8 Å². The van der Waals surface area contributed by atoms with Gasteiger partial charge in [-0.3, -0.25) is 4.79 Å². The van der Waals surface area contributed by atoms with Gasteiger partial charge in [0.25, 0.3) is 5.78 Å². The summed E-state index contributed by atoms with van der Waals surface area (Å²) >= 11 is 0. The van der Waals surface area contributed by atoms with Gasteiger partial charge in [-0.2, -0.15) is 4.98 Å². The number of hydrogen-bond donors (Lipinski definition) is 2. The van der Waals surface area contributed by atoms with E-state index in [1.165, 1.54) is 24.3 Å². The van der Waals surface area contributed by atoms with Crippen LogP contribution in [0.1, 0.15) is 50.0 Å². The van der Waals surface area contributed by atoms with Crippen molar-refractivity contribution in [2.45, 2.75) is 59.6 Å². The fraction of sp³-hybridized carbons (Fsp3) is 0.409. The van der Waals surface area contributed by atoms with Crippen molar-refractivity contribution in [1.29, 1.82) is 0 Å². The van der Waals surface area contributed by atoms with Crippen molar-refractivity contribution in [3.63, 3.8) is 0 Å². The van der Waals surface area contributed by atoms with Crippen LogP contribution in [-0.4, -0.2) is 37.2 Å². The van der Waals surface area contributed by atoms with Gasteiger partial charge in [0.05, 0.1) is 6.54 Å². The molecule has 1 aromatic carbocycles. The molecule has 2 heterocycles. The monoisotopic (exact) mass is 442 g/mol. The number of rotatable bonds is 6. The van der Waals surface area contributed by atoms with Gasteiger partial charge in [-0.05, 0) is 70.9 Å². The number of carbonyl (C=O) groups is 2. The topological polar surface area (TPSA) is 111 Å². The first kappa shape index (κ1) is 23.1. The molecule has 3 rings (SSSR count). The highest BCUT2D eigenvalue weighted by Crippen LogP contribution is 2.17. The lowest BCUT2D eigenvalue weighted by molar-refractivity contribution is -0.116. The number of hydrogen-bond acceptors (Lipinski definition) is 6. The van der Waals surface area contributed by atoms with Crippen LogP contribution in [0.2, 0.25) is 0 Å². The summed E-state index contributed by atoms with van der Waals surface area (Å²) in [5.41, 5.74) is 2.41. The number of alkyl carbamates (subject to hydrolysis) is 1. The normalized spacial score (nSPS) is 11.4. The van der Waals surface area contributed by atoms with Crippen molar-refractivity contribution >= 4 is 23.5 Å². The number of aromatic nitrogens is 4. The third-order valence-electron chi connectivity index (χ3n) is 4.61. The minimum absolute atomic E-state index is 0.103. The van der Waals surface area contributed by atoms with Gasteiger partial charge in [-0.15, -0.1) is 5.10 Å². The van der Waals surface area contributed by atoms with E-state index in [2.05, 4.69) is 25.7 Å². The van der Waals surface area contributed by atoms with Gasteiger partial charge in [0.15, 0.2) is 5.82 Å². The Hall–Kier alpha value is -3.56. The van der Waals surface area contributed by atoms with Crippen molar-refractivity contribution < 1.29 is 18.7 Å². The predicted octanol–water partition coefficient (Wildman–Crippen LogP) is 3.48. The highest BCUT2D eigenvalue weighted by Gasteiger charge is 2.18. The first-order valence-electron chi connectivity index (χ1n) is 10.3. The smallest absolute Gasteiger partial charge is 0.408 e. The average molecular weight is 442 g/mol. The molecule has 0 radical (unpaired) electrons. The zero-order valence-electron chi connectivity index (χ0n) is 18.8. The van der Waals surface area contributed by atoms with Crippen molar-refractivity contribution in [2.24, 2.45) is 0 Å².